The fourth-order valence-electron chi connectivity index (χ4n) is 10.3. The second-order valence-corrected chi connectivity index (χ2v) is 14.4. The van der Waals surface area contributed by atoms with Crippen LogP contribution >= 0.6 is 0 Å². The van der Waals surface area contributed by atoms with Crippen LogP contribution in [0.2, 0.25) is 0 Å². The molecular formula is C31H48O2. The van der Waals surface area contributed by atoms with Crippen LogP contribution in [0.15, 0.2) is 22.8 Å². The fourth-order valence-corrected chi connectivity index (χ4v) is 10.3. The molecule has 5 aliphatic rings. The third-order valence-electron chi connectivity index (χ3n) is 12.5. The van der Waals surface area contributed by atoms with E-state index in [4.69, 9.17) is 4.74 Å². The number of ether oxygens (including phenoxy) is 1. The van der Waals surface area contributed by atoms with E-state index < -0.39 is 0 Å². The standard InChI is InChI=1S/C31H48O2/c1-20(2)21-11-13-28(5)22(21)12-14-30(7)25(28)10-9-23-24-19-27(3,4)15-17-31(24,26(32)33-8)18-16-29(23,30)6/h9,22,24-25H,10-19H2,1-8H3/t22?,24?,25?,28-,29+,30+,31-/m0/s1. The lowest BCUT2D eigenvalue weighted by molar-refractivity contribution is -0.173. The molecule has 2 nitrogen and oxygen atoms in total. The number of fused-ring (bicyclic) bond motifs is 7. The van der Waals surface area contributed by atoms with Crippen LogP contribution in [0.5, 0.6) is 0 Å². The first-order valence-corrected chi connectivity index (χ1v) is 13.8. The summed E-state index contributed by atoms with van der Waals surface area (Å²) in [6.07, 6.45) is 14.7. The van der Waals surface area contributed by atoms with Crippen molar-refractivity contribution in [2.45, 2.75) is 113 Å². The first-order valence-electron chi connectivity index (χ1n) is 13.8. The Hall–Kier alpha value is -1.05. The van der Waals surface area contributed by atoms with Gasteiger partial charge in [-0.15, -0.1) is 0 Å². The number of hydrogen-bond donors (Lipinski definition) is 0. The van der Waals surface area contributed by atoms with Crippen molar-refractivity contribution in [3.05, 3.63) is 22.8 Å². The molecule has 7 atom stereocenters. The second kappa shape index (κ2) is 7.23. The highest BCUT2D eigenvalue weighted by atomic mass is 16.5. The molecule has 0 spiro atoms. The topological polar surface area (TPSA) is 26.3 Å². The Morgan fingerprint density at radius 2 is 1.64 bits per heavy atom. The molecule has 33 heavy (non-hydrogen) atoms. The number of esters is 1. The van der Waals surface area contributed by atoms with Gasteiger partial charge in [0.1, 0.15) is 0 Å². The van der Waals surface area contributed by atoms with E-state index in [9.17, 15) is 4.79 Å². The van der Waals surface area contributed by atoms with Crippen LogP contribution in [0.1, 0.15) is 113 Å². The summed E-state index contributed by atoms with van der Waals surface area (Å²) in [6.45, 7) is 17.4. The summed E-state index contributed by atoms with van der Waals surface area (Å²) in [5.74, 6) is 1.95. The molecule has 5 rings (SSSR count). The SMILES string of the molecule is COC(=O)[C@]12CCC(C)(C)CC1C1=CCC3[C@@]4(C)CCC(=C(C)C)C4CC[C@@]3(C)[C@]1(C)CC2. The molecule has 0 amide bonds. The van der Waals surface area contributed by atoms with E-state index in [1.165, 1.54) is 32.1 Å². The van der Waals surface area contributed by atoms with Crippen molar-refractivity contribution in [3.8, 4) is 0 Å². The smallest absolute Gasteiger partial charge is 0.312 e. The summed E-state index contributed by atoms with van der Waals surface area (Å²) in [6, 6.07) is 0. The molecule has 5 aliphatic carbocycles. The van der Waals surface area contributed by atoms with Gasteiger partial charge in [-0.3, -0.25) is 4.79 Å². The van der Waals surface area contributed by atoms with Crippen molar-refractivity contribution in [1.29, 1.82) is 0 Å². The minimum atomic E-state index is -0.289. The third-order valence-corrected chi connectivity index (χ3v) is 12.5. The van der Waals surface area contributed by atoms with E-state index in [1.54, 1.807) is 23.8 Å². The summed E-state index contributed by atoms with van der Waals surface area (Å²) >= 11 is 0. The van der Waals surface area contributed by atoms with Gasteiger partial charge in [0, 0.05) is 0 Å². The maximum atomic E-state index is 13.3. The monoisotopic (exact) mass is 452 g/mol. The van der Waals surface area contributed by atoms with Crippen molar-refractivity contribution in [2.24, 2.45) is 44.8 Å². The highest BCUT2D eigenvalue weighted by Gasteiger charge is 2.68. The van der Waals surface area contributed by atoms with Crippen LogP contribution in [0, 0.1) is 44.8 Å². The maximum Gasteiger partial charge on any atom is 0.312 e. The zero-order valence-electron chi connectivity index (χ0n) is 22.7. The predicted octanol–water partition coefficient (Wildman–Crippen LogP) is 8.27. The Labute approximate surface area is 203 Å². The molecule has 0 heterocycles. The summed E-state index contributed by atoms with van der Waals surface area (Å²) in [7, 11) is 1.61. The summed E-state index contributed by atoms with van der Waals surface area (Å²) in [5.41, 5.74) is 5.96. The van der Waals surface area contributed by atoms with Crippen LogP contribution in [0.25, 0.3) is 0 Å². The molecule has 2 heteroatoms. The van der Waals surface area contributed by atoms with Gasteiger partial charge >= 0.3 is 5.97 Å². The maximum absolute atomic E-state index is 13.3. The van der Waals surface area contributed by atoms with E-state index in [2.05, 4.69) is 54.5 Å². The largest absolute Gasteiger partial charge is 0.469 e. The highest BCUT2D eigenvalue weighted by Crippen LogP contribution is 2.75. The fraction of sp³-hybridized carbons (Fsp3) is 0.839. The Kier molecular flexibility index (Phi) is 5.19. The lowest BCUT2D eigenvalue weighted by Gasteiger charge is -2.68. The van der Waals surface area contributed by atoms with Gasteiger partial charge in [-0.2, -0.15) is 0 Å². The van der Waals surface area contributed by atoms with Gasteiger partial charge in [-0.05, 0) is 117 Å². The number of allylic oxidation sites excluding steroid dienone is 4. The van der Waals surface area contributed by atoms with E-state index in [-0.39, 0.29) is 16.8 Å². The molecule has 0 aromatic carbocycles. The summed E-state index contributed by atoms with van der Waals surface area (Å²) in [5, 5.41) is 0. The Morgan fingerprint density at radius 3 is 2.30 bits per heavy atom. The number of carbonyl (C=O) groups excluding carboxylic acids is 1. The van der Waals surface area contributed by atoms with Crippen LogP contribution in [0.4, 0.5) is 0 Å². The lowest BCUT2D eigenvalue weighted by Crippen LogP contribution is -2.61. The van der Waals surface area contributed by atoms with Gasteiger partial charge in [-0.25, -0.2) is 0 Å². The van der Waals surface area contributed by atoms with Gasteiger partial charge < -0.3 is 4.74 Å². The lowest BCUT2D eigenvalue weighted by atomic mass is 9.36. The highest BCUT2D eigenvalue weighted by molar-refractivity contribution is 5.78. The van der Waals surface area contributed by atoms with E-state index >= 15 is 0 Å². The molecule has 0 aromatic heterocycles. The zero-order valence-corrected chi connectivity index (χ0v) is 22.7. The number of rotatable bonds is 1. The number of hydrogen-bond acceptors (Lipinski definition) is 2. The quantitative estimate of drug-likeness (QED) is 0.295. The van der Waals surface area contributed by atoms with Crippen LogP contribution in [-0.4, -0.2) is 13.1 Å². The summed E-state index contributed by atoms with van der Waals surface area (Å²) in [4.78, 5) is 13.3. The normalized spacial score (nSPS) is 48.1. The molecule has 0 bridgehead atoms. The predicted molar refractivity (Wildman–Crippen MR) is 136 cm³/mol. The molecule has 4 saturated carbocycles. The molecule has 184 valence electrons. The molecule has 0 aromatic rings. The Balaban J connectivity index is 1.60. The van der Waals surface area contributed by atoms with Crippen molar-refractivity contribution < 1.29 is 9.53 Å². The van der Waals surface area contributed by atoms with Crippen LogP contribution < -0.4 is 0 Å². The van der Waals surface area contributed by atoms with Crippen molar-refractivity contribution in [1.82, 2.24) is 0 Å². The number of carbonyl (C=O) groups is 1. The first-order chi connectivity index (χ1) is 15.3. The minimum absolute atomic E-state index is 0.0675. The minimum Gasteiger partial charge on any atom is -0.469 e. The van der Waals surface area contributed by atoms with E-state index in [0.29, 0.717) is 22.2 Å². The second-order valence-electron chi connectivity index (χ2n) is 14.4. The van der Waals surface area contributed by atoms with Crippen molar-refractivity contribution in [3.63, 3.8) is 0 Å². The van der Waals surface area contributed by atoms with Gasteiger partial charge in [0.2, 0.25) is 0 Å². The molecule has 3 unspecified atom stereocenters. The Morgan fingerprint density at radius 1 is 0.939 bits per heavy atom. The first kappa shape index (κ1) is 23.7. The van der Waals surface area contributed by atoms with Gasteiger partial charge in [-0.1, -0.05) is 57.4 Å². The Bertz CT molecular complexity index is 919. The van der Waals surface area contributed by atoms with Crippen molar-refractivity contribution in [2.75, 3.05) is 7.11 Å². The molecule has 0 N–H and O–H groups in total. The molecule has 0 radical (unpaired) electrons. The molecular weight excluding hydrogens is 404 g/mol. The van der Waals surface area contributed by atoms with E-state index in [1.807, 2.05) is 0 Å². The van der Waals surface area contributed by atoms with Gasteiger partial charge in [0.05, 0.1) is 12.5 Å². The van der Waals surface area contributed by atoms with Crippen molar-refractivity contribution >= 4 is 5.97 Å². The zero-order chi connectivity index (χ0) is 24.0. The molecule has 0 saturated heterocycles. The van der Waals surface area contributed by atoms with Crippen LogP contribution in [0.3, 0.4) is 0 Å². The average Bonchev–Trinajstić information content (AvgIpc) is 3.10. The van der Waals surface area contributed by atoms with Gasteiger partial charge in [0.25, 0.3) is 0 Å². The average molecular weight is 453 g/mol. The van der Waals surface area contributed by atoms with E-state index in [0.717, 1.165) is 43.9 Å². The summed E-state index contributed by atoms with van der Waals surface area (Å²) < 4.78 is 5.50. The molecule has 4 fully saturated rings. The van der Waals surface area contributed by atoms with Gasteiger partial charge in [0.15, 0.2) is 0 Å². The third kappa shape index (κ3) is 2.94. The number of methoxy groups -OCH3 is 1. The van der Waals surface area contributed by atoms with Crippen LogP contribution in [-0.2, 0) is 9.53 Å². The molecule has 0 aliphatic heterocycles.